The molecule has 0 aromatic carbocycles. The molecule has 0 radical (unpaired) electrons. The highest BCUT2D eigenvalue weighted by molar-refractivity contribution is 7.09. The molecule has 0 spiro atoms. The van der Waals surface area contributed by atoms with Gasteiger partial charge in [-0.1, -0.05) is 6.92 Å². The number of aliphatic hydroxyl groups excluding tert-OH is 1. The van der Waals surface area contributed by atoms with E-state index in [2.05, 4.69) is 36.5 Å². The minimum Gasteiger partial charge on any atom is -0.396 e. The van der Waals surface area contributed by atoms with E-state index in [9.17, 15) is 0 Å². The molecule has 0 saturated carbocycles. The lowest BCUT2D eigenvalue weighted by Gasteiger charge is -2.28. The van der Waals surface area contributed by atoms with Crippen LogP contribution in [0.3, 0.4) is 0 Å². The second-order valence-corrected chi connectivity index (χ2v) is 6.05. The highest BCUT2D eigenvalue weighted by Gasteiger charge is 2.20. The number of thiazole rings is 1. The standard InChI is InChI=1S/C12H22N2OS/c1-9(7-15)5-12(3,4)13-6-11-14-10(2)8-16-11/h8-9,13,15H,5-7H2,1-4H3/t9-/m0/s1. The normalized spacial score (nSPS) is 14.1. The van der Waals surface area contributed by atoms with Crippen LogP contribution in [0.25, 0.3) is 0 Å². The zero-order chi connectivity index (χ0) is 12.2. The molecular weight excluding hydrogens is 220 g/mol. The number of aromatic nitrogens is 1. The Bertz CT molecular complexity index is 323. The molecule has 1 aromatic rings. The van der Waals surface area contributed by atoms with Crippen molar-refractivity contribution in [3.8, 4) is 0 Å². The molecule has 92 valence electrons. The number of nitrogens with zero attached hydrogens (tertiary/aromatic N) is 1. The van der Waals surface area contributed by atoms with Gasteiger partial charge in [0.1, 0.15) is 5.01 Å². The summed E-state index contributed by atoms with van der Waals surface area (Å²) in [5.41, 5.74) is 1.13. The maximum absolute atomic E-state index is 9.05. The summed E-state index contributed by atoms with van der Waals surface area (Å²) >= 11 is 1.69. The molecule has 16 heavy (non-hydrogen) atoms. The Kier molecular flexibility index (Phi) is 4.89. The summed E-state index contributed by atoms with van der Waals surface area (Å²) in [6.07, 6.45) is 0.966. The van der Waals surface area contributed by atoms with Gasteiger partial charge in [-0.2, -0.15) is 0 Å². The van der Waals surface area contributed by atoms with Crippen molar-refractivity contribution in [2.24, 2.45) is 5.92 Å². The van der Waals surface area contributed by atoms with Gasteiger partial charge in [-0.25, -0.2) is 4.98 Å². The van der Waals surface area contributed by atoms with Crippen LogP contribution >= 0.6 is 11.3 Å². The Labute approximate surface area is 102 Å². The molecule has 0 unspecified atom stereocenters. The van der Waals surface area contributed by atoms with Gasteiger partial charge in [-0.15, -0.1) is 11.3 Å². The third-order valence-electron chi connectivity index (χ3n) is 2.56. The number of rotatable bonds is 6. The molecule has 2 N–H and O–H groups in total. The summed E-state index contributed by atoms with van der Waals surface area (Å²) in [6.45, 7) is 9.47. The Balaban J connectivity index is 2.41. The lowest BCUT2D eigenvalue weighted by atomic mass is 9.92. The zero-order valence-electron chi connectivity index (χ0n) is 10.6. The van der Waals surface area contributed by atoms with Crippen molar-refractivity contribution in [3.05, 3.63) is 16.1 Å². The third kappa shape index (κ3) is 4.60. The molecule has 0 aliphatic carbocycles. The monoisotopic (exact) mass is 242 g/mol. The van der Waals surface area contributed by atoms with Crippen LogP contribution in [0.1, 0.15) is 37.9 Å². The summed E-state index contributed by atoms with van der Waals surface area (Å²) in [6, 6.07) is 0. The lowest BCUT2D eigenvalue weighted by Crippen LogP contribution is -2.40. The molecule has 3 nitrogen and oxygen atoms in total. The maximum Gasteiger partial charge on any atom is 0.107 e. The predicted octanol–water partition coefficient (Wildman–Crippen LogP) is 2.34. The molecule has 0 aliphatic rings. The van der Waals surface area contributed by atoms with Crippen molar-refractivity contribution in [2.45, 2.75) is 46.2 Å². The van der Waals surface area contributed by atoms with Crippen LogP contribution in [0.4, 0.5) is 0 Å². The van der Waals surface area contributed by atoms with Crippen LogP contribution in [0.15, 0.2) is 5.38 Å². The zero-order valence-corrected chi connectivity index (χ0v) is 11.4. The van der Waals surface area contributed by atoms with E-state index in [1.54, 1.807) is 11.3 Å². The molecule has 0 bridgehead atoms. The largest absolute Gasteiger partial charge is 0.396 e. The summed E-state index contributed by atoms with van der Waals surface area (Å²) in [5, 5.41) is 15.7. The van der Waals surface area contributed by atoms with Crippen molar-refractivity contribution in [3.63, 3.8) is 0 Å². The topological polar surface area (TPSA) is 45.1 Å². The first kappa shape index (κ1) is 13.6. The number of nitrogens with one attached hydrogen (secondary N) is 1. The van der Waals surface area contributed by atoms with Crippen LogP contribution < -0.4 is 5.32 Å². The van der Waals surface area contributed by atoms with Gasteiger partial charge in [0.15, 0.2) is 0 Å². The van der Waals surface area contributed by atoms with E-state index in [-0.39, 0.29) is 12.1 Å². The summed E-state index contributed by atoms with van der Waals surface area (Å²) < 4.78 is 0. The fraction of sp³-hybridized carbons (Fsp3) is 0.750. The van der Waals surface area contributed by atoms with Crippen LogP contribution in [0.2, 0.25) is 0 Å². The van der Waals surface area contributed by atoms with Gasteiger partial charge in [-0.05, 0) is 33.1 Å². The minimum atomic E-state index is 0.0434. The fourth-order valence-corrected chi connectivity index (χ4v) is 2.52. The van der Waals surface area contributed by atoms with Gasteiger partial charge in [-0.3, -0.25) is 0 Å². The number of aliphatic hydroxyl groups is 1. The van der Waals surface area contributed by atoms with Crippen LogP contribution in [-0.4, -0.2) is 22.2 Å². The summed E-state index contributed by atoms with van der Waals surface area (Å²) in [5.74, 6) is 0.334. The molecule has 1 atom stereocenters. The van der Waals surface area contributed by atoms with Crippen molar-refractivity contribution in [1.82, 2.24) is 10.3 Å². The average Bonchev–Trinajstić information content (AvgIpc) is 2.61. The Morgan fingerprint density at radius 3 is 2.75 bits per heavy atom. The van der Waals surface area contributed by atoms with Crippen LogP contribution in [-0.2, 0) is 6.54 Å². The first-order chi connectivity index (χ1) is 7.43. The second-order valence-electron chi connectivity index (χ2n) is 5.11. The van der Waals surface area contributed by atoms with Crippen LogP contribution in [0.5, 0.6) is 0 Å². The van der Waals surface area contributed by atoms with Crippen molar-refractivity contribution >= 4 is 11.3 Å². The molecule has 1 aromatic heterocycles. The van der Waals surface area contributed by atoms with E-state index >= 15 is 0 Å². The summed E-state index contributed by atoms with van der Waals surface area (Å²) in [7, 11) is 0. The van der Waals surface area contributed by atoms with Crippen molar-refractivity contribution in [2.75, 3.05) is 6.61 Å². The lowest BCUT2D eigenvalue weighted by molar-refractivity contribution is 0.195. The van der Waals surface area contributed by atoms with Gasteiger partial charge >= 0.3 is 0 Å². The molecule has 1 heterocycles. The molecule has 0 fully saturated rings. The van der Waals surface area contributed by atoms with Crippen molar-refractivity contribution < 1.29 is 5.11 Å². The first-order valence-corrected chi connectivity index (χ1v) is 6.58. The third-order valence-corrected chi connectivity index (χ3v) is 3.52. The highest BCUT2D eigenvalue weighted by Crippen LogP contribution is 2.17. The fourth-order valence-electron chi connectivity index (χ4n) is 1.81. The van der Waals surface area contributed by atoms with Crippen LogP contribution in [0, 0.1) is 12.8 Å². The quantitative estimate of drug-likeness (QED) is 0.805. The Hall–Kier alpha value is -0.450. The second kappa shape index (κ2) is 5.75. The van der Waals surface area contributed by atoms with E-state index in [0.717, 1.165) is 23.7 Å². The van der Waals surface area contributed by atoms with Gasteiger partial charge in [0.25, 0.3) is 0 Å². The minimum absolute atomic E-state index is 0.0434. The van der Waals surface area contributed by atoms with E-state index in [4.69, 9.17) is 5.11 Å². The van der Waals surface area contributed by atoms with Gasteiger partial charge < -0.3 is 10.4 Å². The number of hydrogen-bond acceptors (Lipinski definition) is 4. The van der Waals surface area contributed by atoms with Gasteiger partial charge in [0.2, 0.25) is 0 Å². The molecular formula is C12H22N2OS. The molecule has 0 saturated heterocycles. The average molecular weight is 242 g/mol. The Morgan fingerprint density at radius 1 is 1.56 bits per heavy atom. The maximum atomic E-state index is 9.05. The van der Waals surface area contributed by atoms with E-state index in [1.807, 2.05) is 6.92 Å². The number of hydrogen-bond donors (Lipinski definition) is 2. The van der Waals surface area contributed by atoms with E-state index in [1.165, 1.54) is 0 Å². The van der Waals surface area contributed by atoms with Crippen molar-refractivity contribution in [1.29, 1.82) is 0 Å². The first-order valence-electron chi connectivity index (χ1n) is 5.70. The summed E-state index contributed by atoms with van der Waals surface area (Å²) in [4.78, 5) is 4.42. The molecule has 0 amide bonds. The number of aryl methyl sites for hydroxylation is 1. The SMILES string of the molecule is Cc1csc(CNC(C)(C)C[C@H](C)CO)n1. The van der Waals surface area contributed by atoms with Gasteiger partial charge in [0.05, 0.1) is 0 Å². The molecule has 1 rings (SSSR count). The highest BCUT2D eigenvalue weighted by atomic mass is 32.1. The predicted molar refractivity (Wildman–Crippen MR) is 68.6 cm³/mol. The van der Waals surface area contributed by atoms with E-state index < -0.39 is 0 Å². The molecule has 4 heteroatoms. The van der Waals surface area contributed by atoms with E-state index in [0.29, 0.717) is 5.92 Å². The molecule has 0 aliphatic heterocycles. The Morgan fingerprint density at radius 2 is 2.25 bits per heavy atom. The smallest absolute Gasteiger partial charge is 0.107 e. The van der Waals surface area contributed by atoms with Gasteiger partial charge in [0, 0.05) is 29.8 Å².